The monoisotopic (exact) mass is 300 g/mol. The topological polar surface area (TPSA) is 34.9 Å². The van der Waals surface area contributed by atoms with Gasteiger partial charge in [0.2, 0.25) is 0 Å². The van der Waals surface area contributed by atoms with Crippen LogP contribution in [-0.4, -0.2) is 15.6 Å². The van der Waals surface area contributed by atoms with Crippen LogP contribution in [0.3, 0.4) is 0 Å². The van der Waals surface area contributed by atoms with Gasteiger partial charge in [-0.2, -0.15) is 5.10 Å². The summed E-state index contributed by atoms with van der Waals surface area (Å²) in [4.78, 5) is 12.4. The third-order valence-electron chi connectivity index (χ3n) is 4.01. The van der Waals surface area contributed by atoms with Gasteiger partial charge in [-0.1, -0.05) is 25.0 Å². The molecule has 110 valence electrons. The molecule has 0 bridgehead atoms. The first-order chi connectivity index (χ1) is 10.2. The van der Waals surface area contributed by atoms with Crippen molar-refractivity contribution < 1.29 is 4.79 Å². The highest BCUT2D eigenvalue weighted by Gasteiger charge is 2.17. The zero-order valence-electron chi connectivity index (χ0n) is 12.3. The second-order valence-corrected chi connectivity index (χ2v) is 6.64. The molecule has 0 unspecified atom stereocenters. The van der Waals surface area contributed by atoms with Crippen LogP contribution in [0.2, 0.25) is 0 Å². The predicted molar refractivity (Wildman–Crippen MR) is 85.7 cm³/mol. The summed E-state index contributed by atoms with van der Waals surface area (Å²) in [6, 6.07) is 10.5. The summed E-state index contributed by atoms with van der Waals surface area (Å²) >= 11 is 1.76. The van der Waals surface area contributed by atoms with E-state index in [0.717, 1.165) is 17.0 Å². The van der Waals surface area contributed by atoms with Crippen LogP contribution in [0.1, 0.15) is 54.7 Å². The number of Topliss-reactive ketones (excluding diaryl/α,β-unsaturated/α-hetero) is 1. The average Bonchev–Trinajstić information content (AvgIpc) is 3.16. The first-order valence-electron chi connectivity index (χ1n) is 7.50. The van der Waals surface area contributed by atoms with E-state index in [-0.39, 0.29) is 5.78 Å². The SMILES string of the molecule is CC(=O)c1ccc(SCc2ccn(C3CCCC3)n2)cc1. The molecule has 2 aromatic rings. The van der Waals surface area contributed by atoms with Crippen molar-refractivity contribution in [2.24, 2.45) is 0 Å². The van der Waals surface area contributed by atoms with Crippen LogP contribution in [0.25, 0.3) is 0 Å². The number of carbonyl (C=O) groups is 1. The maximum atomic E-state index is 11.2. The molecular formula is C17H20N2OS. The van der Waals surface area contributed by atoms with Gasteiger partial charge < -0.3 is 0 Å². The van der Waals surface area contributed by atoms with E-state index in [9.17, 15) is 4.79 Å². The largest absolute Gasteiger partial charge is 0.295 e. The number of rotatable bonds is 5. The molecule has 0 N–H and O–H groups in total. The molecule has 4 heteroatoms. The van der Waals surface area contributed by atoms with Gasteiger partial charge in [-0.3, -0.25) is 9.48 Å². The zero-order chi connectivity index (χ0) is 14.7. The molecule has 3 nitrogen and oxygen atoms in total. The molecule has 1 aromatic heterocycles. The summed E-state index contributed by atoms with van der Waals surface area (Å²) in [6.07, 6.45) is 7.31. The van der Waals surface area contributed by atoms with E-state index in [2.05, 4.69) is 16.9 Å². The van der Waals surface area contributed by atoms with Gasteiger partial charge in [0, 0.05) is 22.4 Å². The predicted octanol–water partition coefficient (Wildman–Crippen LogP) is 4.49. The fraction of sp³-hybridized carbons (Fsp3) is 0.412. The molecule has 1 aromatic carbocycles. The molecule has 21 heavy (non-hydrogen) atoms. The van der Waals surface area contributed by atoms with Crippen LogP contribution in [0.15, 0.2) is 41.4 Å². The Hall–Kier alpha value is -1.55. The minimum atomic E-state index is 0.113. The Bertz CT molecular complexity index is 612. The molecule has 0 radical (unpaired) electrons. The molecule has 1 fully saturated rings. The number of thioether (sulfide) groups is 1. The van der Waals surface area contributed by atoms with Crippen molar-refractivity contribution in [2.45, 2.75) is 49.3 Å². The van der Waals surface area contributed by atoms with Crippen molar-refractivity contribution in [2.75, 3.05) is 0 Å². The lowest BCUT2D eigenvalue weighted by Crippen LogP contribution is -2.05. The lowest BCUT2D eigenvalue weighted by Gasteiger charge is -2.08. The fourth-order valence-corrected chi connectivity index (χ4v) is 3.57. The Morgan fingerprint density at radius 3 is 2.62 bits per heavy atom. The van der Waals surface area contributed by atoms with Crippen molar-refractivity contribution in [3.63, 3.8) is 0 Å². The smallest absolute Gasteiger partial charge is 0.159 e. The Balaban J connectivity index is 1.58. The van der Waals surface area contributed by atoms with E-state index in [1.165, 1.54) is 30.6 Å². The number of aromatic nitrogens is 2. The van der Waals surface area contributed by atoms with Gasteiger partial charge >= 0.3 is 0 Å². The first kappa shape index (κ1) is 14.4. The van der Waals surface area contributed by atoms with Crippen LogP contribution in [-0.2, 0) is 5.75 Å². The summed E-state index contributed by atoms with van der Waals surface area (Å²) in [7, 11) is 0. The van der Waals surface area contributed by atoms with E-state index in [1.807, 2.05) is 24.3 Å². The molecule has 1 aliphatic rings. The normalized spacial score (nSPS) is 15.5. The van der Waals surface area contributed by atoms with Gasteiger partial charge in [-0.05, 0) is 38.0 Å². The van der Waals surface area contributed by atoms with E-state index in [4.69, 9.17) is 5.10 Å². The number of carbonyl (C=O) groups excluding carboxylic acids is 1. The van der Waals surface area contributed by atoms with Gasteiger partial charge in [0.15, 0.2) is 5.78 Å². The molecule has 0 saturated heterocycles. The number of ketones is 1. The summed E-state index contributed by atoms with van der Waals surface area (Å²) in [6.45, 7) is 1.60. The van der Waals surface area contributed by atoms with Crippen LogP contribution in [0.4, 0.5) is 0 Å². The highest BCUT2D eigenvalue weighted by molar-refractivity contribution is 7.98. The van der Waals surface area contributed by atoms with Gasteiger partial charge in [0.25, 0.3) is 0 Å². The first-order valence-corrected chi connectivity index (χ1v) is 8.49. The Morgan fingerprint density at radius 2 is 1.95 bits per heavy atom. The Labute approximate surface area is 129 Å². The summed E-state index contributed by atoms with van der Waals surface area (Å²) < 4.78 is 2.14. The molecule has 1 heterocycles. The van der Waals surface area contributed by atoms with Crippen LogP contribution >= 0.6 is 11.8 Å². The van der Waals surface area contributed by atoms with Gasteiger partial charge in [0.05, 0.1) is 11.7 Å². The van der Waals surface area contributed by atoms with E-state index in [1.54, 1.807) is 18.7 Å². The number of hydrogen-bond acceptors (Lipinski definition) is 3. The molecule has 0 aliphatic heterocycles. The summed E-state index contributed by atoms with van der Waals surface area (Å²) in [5.74, 6) is 0.987. The quantitative estimate of drug-likeness (QED) is 0.602. The number of nitrogens with zero attached hydrogens (tertiary/aromatic N) is 2. The standard InChI is InChI=1S/C17H20N2OS/c1-13(20)14-6-8-17(9-7-14)21-12-15-10-11-19(18-15)16-4-2-3-5-16/h6-11,16H,2-5,12H2,1H3. The average molecular weight is 300 g/mol. The Morgan fingerprint density at radius 1 is 1.24 bits per heavy atom. The number of hydrogen-bond donors (Lipinski definition) is 0. The second kappa shape index (κ2) is 6.48. The van der Waals surface area contributed by atoms with E-state index >= 15 is 0 Å². The third-order valence-corrected chi connectivity index (χ3v) is 5.06. The fourth-order valence-electron chi connectivity index (χ4n) is 2.77. The molecule has 1 saturated carbocycles. The van der Waals surface area contributed by atoms with Crippen molar-refractivity contribution in [3.8, 4) is 0 Å². The highest BCUT2D eigenvalue weighted by atomic mass is 32.2. The van der Waals surface area contributed by atoms with Gasteiger partial charge in [-0.25, -0.2) is 0 Å². The molecule has 0 spiro atoms. The summed E-state index contributed by atoms with van der Waals surface area (Å²) in [5, 5.41) is 4.69. The lowest BCUT2D eigenvalue weighted by molar-refractivity contribution is 0.101. The van der Waals surface area contributed by atoms with Crippen molar-refractivity contribution >= 4 is 17.5 Å². The molecule has 1 aliphatic carbocycles. The van der Waals surface area contributed by atoms with Crippen LogP contribution in [0, 0.1) is 0 Å². The van der Waals surface area contributed by atoms with Crippen molar-refractivity contribution in [3.05, 3.63) is 47.8 Å². The maximum absolute atomic E-state index is 11.2. The molecular weight excluding hydrogens is 280 g/mol. The van der Waals surface area contributed by atoms with Crippen molar-refractivity contribution in [1.82, 2.24) is 9.78 Å². The third kappa shape index (κ3) is 3.56. The van der Waals surface area contributed by atoms with E-state index in [0.29, 0.717) is 6.04 Å². The Kier molecular flexibility index (Phi) is 4.44. The van der Waals surface area contributed by atoms with Gasteiger partial charge in [-0.15, -0.1) is 11.8 Å². The summed E-state index contributed by atoms with van der Waals surface area (Å²) in [5.41, 5.74) is 1.90. The maximum Gasteiger partial charge on any atom is 0.159 e. The van der Waals surface area contributed by atoms with Crippen LogP contribution < -0.4 is 0 Å². The number of benzene rings is 1. The zero-order valence-corrected chi connectivity index (χ0v) is 13.1. The van der Waals surface area contributed by atoms with Crippen LogP contribution in [0.5, 0.6) is 0 Å². The van der Waals surface area contributed by atoms with Crippen molar-refractivity contribution in [1.29, 1.82) is 0 Å². The second-order valence-electron chi connectivity index (χ2n) is 5.59. The highest BCUT2D eigenvalue weighted by Crippen LogP contribution is 2.29. The molecule has 0 atom stereocenters. The lowest BCUT2D eigenvalue weighted by atomic mass is 10.2. The van der Waals surface area contributed by atoms with Gasteiger partial charge in [0.1, 0.15) is 0 Å². The molecule has 0 amide bonds. The van der Waals surface area contributed by atoms with E-state index < -0.39 is 0 Å². The minimum Gasteiger partial charge on any atom is -0.295 e. The minimum absolute atomic E-state index is 0.113. The molecule has 3 rings (SSSR count).